The van der Waals surface area contributed by atoms with E-state index >= 15 is 0 Å². The van der Waals surface area contributed by atoms with Gasteiger partial charge in [0.25, 0.3) is 0 Å². The third kappa shape index (κ3) is 7.50. The summed E-state index contributed by atoms with van der Waals surface area (Å²) >= 11 is 6.03. The maximum atomic E-state index is 13.6. The van der Waals surface area contributed by atoms with Crippen LogP contribution in [-0.4, -0.2) is 79.0 Å². The van der Waals surface area contributed by atoms with E-state index in [-0.39, 0.29) is 48.8 Å². The van der Waals surface area contributed by atoms with E-state index in [4.69, 9.17) is 16.7 Å². The van der Waals surface area contributed by atoms with Gasteiger partial charge in [-0.25, -0.2) is 13.6 Å². The van der Waals surface area contributed by atoms with Crippen molar-refractivity contribution >= 4 is 39.3 Å². The van der Waals surface area contributed by atoms with Gasteiger partial charge in [-0.1, -0.05) is 51.4 Å². The lowest BCUT2D eigenvalue weighted by Crippen LogP contribution is -2.60. The smallest absolute Gasteiger partial charge is 0.245 e. The Hall–Kier alpha value is -2.21. The number of carbonyl (C=O) groups excluding carboxylic acids is 3. The normalized spacial score (nSPS) is 24.1. The second kappa shape index (κ2) is 12.1. The molecule has 2 heterocycles. The summed E-state index contributed by atoms with van der Waals surface area (Å²) in [7, 11) is -3.63. The van der Waals surface area contributed by atoms with Crippen LogP contribution in [0.5, 0.6) is 0 Å². The summed E-state index contributed by atoms with van der Waals surface area (Å²) in [5, 5.41) is 20.1. The van der Waals surface area contributed by atoms with Crippen molar-refractivity contribution in [2.24, 2.45) is 22.4 Å². The largest absolute Gasteiger partial charge is 0.384 e. The molecule has 0 bridgehead atoms. The fraction of sp³-hybridized carbons (Fsp3) is 0.667. The first-order chi connectivity index (χ1) is 18.0. The van der Waals surface area contributed by atoms with Gasteiger partial charge in [0.15, 0.2) is 0 Å². The Bertz CT molecular complexity index is 1170. The molecule has 2 saturated heterocycles. The summed E-state index contributed by atoms with van der Waals surface area (Å²) in [5.41, 5.74) is -1.04. The first-order valence-corrected chi connectivity index (χ1v) is 15.5. The van der Waals surface area contributed by atoms with Crippen molar-refractivity contribution in [3.8, 4) is 0 Å². The number of carbonyl (C=O) groups is 3. The number of nitrogens with zero attached hydrogens (tertiary/aromatic N) is 2. The maximum Gasteiger partial charge on any atom is 0.245 e. The fourth-order valence-corrected chi connectivity index (χ4v) is 6.21. The lowest BCUT2D eigenvalue weighted by molar-refractivity contribution is -0.157. The van der Waals surface area contributed by atoms with Crippen LogP contribution < -0.4 is 10.5 Å². The van der Waals surface area contributed by atoms with Gasteiger partial charge in [0.05, 0.1) is 17.3 Å². The Labute approximate surface area is 236 Å². The Morgan fingerprint density at radius 1 is 1.15 bits per heavy atom. The van der Waals surface area contributed by atoms with E-state index in [0.29, 0.717) is 37.5 Å². The van der Waals surface area contributed by atoms with E-state index in [1.807, 2.05) is 39.8 Å². The minimum atomic E-state index is -3.63. The van der Waals surface area contributed by atoms with Gasteiger partial charge in [-0.2, -0.15) is 0 Å². The summed E-state index contributed by atoms with van der Waals surface area (Å²) in [5.74, 6) is -1.57. The maximum absolute atomic E-state index is 13.6. The standard InChI is InChI=1S/C27H41ClN4O6S/c1-18(2)23(30-24(34)19-11-13-31(16-19)22(33)6-5-15-39(29,37)38)25(35)32-14-12-27(36,26(3,4)17-32)20-7-9-21(28)10-8-20/h7-10,18-19,23,36H,5-6,11-17H2,1-4H3,(H,30,34)(H2,29,37,38)/t19-,23-,27+/m1/s1. The van der Waals surface area contributed by atoms with Gasteiger partial charge >= 0.3 is 0 Å². The molecule has 0 saturated carbocycles. The summed E-state index contributed by atoms with van der Waals surface area (Å²) in [4.78, 5) is 42.5. The molecule has 2 aliphatic rings. The fourth-order valence-electron chi connectivity index (χ4n) is 5.54. The van der Waals surface area contributed by atoms with E-state index in [0.717, 1.165) is 5.56 Å². The number of hydrogen-bond acceptors (Lipinski definition) is 6. The number of halogens is 1. The third-order valence-corrected chi connectivity index (χ3v) is 9.15. The molecule has 0 spiro atoms. The second-order valence-corrected chi connectivity index (χ2v) is 14.0. The number of likely N-dealkylation sites (tertiary alicyclic amines) is 2. The number of piperidine rings is 1. The first-order valence-electron chi connectivity index (χ1n) is 13.4. The molecule has 12 heteroatoms. The number of primary sulfonamides is 1. The van der Waals surface area contributed by atoms with Crippen molar-refractivity contribution in [3.63, 3.8) is 0 Å². The number of nitrogens with one attached hydrogen (secondary N) is 1. The topological polar surface area (TPSA) is 150 Å². The molecule has 3 rings (SSSR count). The molecule has 0 radical (unpaired) electrons. The van der Waals surface area contributed by atoms with Crippen LogP contribution in [0.25, 0.3) is 0 Å². The van der Waals surface area contributed by atoms with Gasteiger partial charge in [-0.05, 0) is 42.9 Å². The number of benzene rings is 1. The minimum absolute atomic E-state index is 0.0466. The molecule has 218 valence electrons. The van der Waals surface area contributed by atoms with Crippen LogP contribution in [-0.2, 0) is 30.0 Å². The van der Waals surface area contributed by atoms with E-state index in [1.165, 1.54) is 0 Å². The van der Waals surface area contributed by atoms with Crippen molar-refractivity contribution < 1.29 is 27.9 Å². The van der Waals surface area contributed by atoms with Gasteiger partial charge in [-0.3, -0.25) is 14.4 Å². The van der Waals surface area contributed by atoms with Crippen LogP contribution in [0.15, 0.2) is 24.3 Å². The van der Waals surface area contributed by atoms with E-state index in [9.17, 15) is 27.9 Å². The minimum Gasteiger partial charge on any atom is -0.384 e. The molecule has 3 amide bonds. The second-order valence-electron chi connectivity index (χ2n) is 11.8. The van der Waals surface area contributed by atoms with E-state index < -0.39 is 33.0 Å². The van der Waals surface area contributed by atoms with Gasteiger partial charge in [0, 0.05) is 43.0 Å². The van der Waals surface area contributed by atoms with Gasteiger partial charge in [0.1, 0.15) is 6.04 Å². The number of amides is 3. The molecule has 1 aromatic rings. The molecule has 39 heavy (non-hydrogen) atoms. The quantitative estimate of drug-likeness (QED) is 0.403. The molecule has 10 nitrogen and oxygen atoms in total. The molecule has 0 aromatic heterocycles. The number of hydrogen-bond donors (Lipinski definition) is 3. The number of aliphatic hydroxyl groups is 1. The predicted octanol–water partition coefficient (Wildman–Crippen LogP) is 1.84. The molecular formula is C27H41ClN4O6S. The highest BCUT2D eigenvalue weighted by Gasteiger charge is 2.50. The highest BCUT2D eigenvalue weighted by atomic mass is 35.5. The van der Waals surface area contributed by atoms with Crippen molar-refractivity contribution in [3.05, 3.63) is 34.9 Å². The van der Waals surface area contributed by atoms with Crippen molar-refractivity contribution in [2.45, 2.75) is 65.0 Å². The summed E-state index contributed by atoms with van der Waals surface area (Å²) in [6, 6.07) is 6.38. The number of rotatable bonds is 9. The van der Waals surface area contributed by atoms with Crippen molar-refractivity contribution in [2.75, 3.05) is 31.9 Å². The van der Waals surface area contributed by atoms with Crippen LogP contribution in [0.1, 0.15) is 58.9 Å². The highest BCUT2D eigenvalue weighted by Crippen LogP contribution is 2.46. The highest BCUT2D eigenvalue weighted by molar-refractivity contribution is 7.89. The SMILES string of the molecule is CC(C)[C@@H](NC(=O)[C@@H]1CCN(C(=O)CCCS(N)(=O)=O)C1)C(=O)N1CC[C@](O)(c2ccc(Cl)cc2)C(C)(C)C1. The van der Waals surface area contributed by atoms with Crippen molar-refractivity contribution in [1.29, 1.82) is 0 Å². The van der Waals surface area contributed by atoms with Crippen LogP contribution in [0.3, 0.4) is 0 Å². The van der Waals surface area contributed by atoms with Gasteiger partial charge < -0.3 is 20.2 Å². The molecule has 1 aromatic carbocycles. The molecule has 2 aliphatic heterocycles. The van der Waals surface area contributed by atoms with E-state index in [2.05, 4.69) is 5.32 Å². The van der Waals surface area contributed by atoms with Crippen LogP contribution in [0, 0.1) is 17.3 Å². The van der Waals surface area contributed by atoms with E-state index in [1.54, 1.807) is 21.9 Å². The van der Waals surface area contributed by atoms with Crippen LogP contribution in [0.4, 0.5) is 0 Å². The summed E-state index contributed by atoms with van der Waals surface area (Å²) in [6.45, 7) is 8.88. The summed E-state index contributed by atoms with van der Waals surface area (Å²) in [6.07, 6.45) is 0.993. The Morgan fingerprint density at radius 2 is 1.79 bits per heavy atom. The zero-order valence-electron chi connectivity index (χ0n) is 23.2. The Balaban J connectivity index is 1.61. The number of nitrogens with two attached hydrogens (primary N) is 1. The Kier molecular flexibility index (Phi) is 9.73. The third-order valence-electron chi connectivity index (χ3n) is 8.04. The molecular weight excluding hydrogens is 544 g/mol. The van der Waals surface area contributed by atoms with Gasteiger partial charge in [-0.15, -0.1) is 0 Å². The van der Waals surface area contributed by atoms with Gasteiger partial charge in [0.2, 0.25) is 27.7 Å². The van der Waals surface area contributed by atoms with Crippen LogP contribution >= 0.6 is 11.6 Å². The first kappa shape index (κ1) is 31.3. The lowest BCUT2D eigenvalue weighted by Gasteiger charge is -2.51. The molecule has 0 aliphatic carbocycles. The van der Waals surface area contributed by atoms with Crippen LogP contribution in [0.2, 0.25) is 5.02 Å². The molecule has 4 N–H and O–H groups in total. The summed E-state index contributed by atoms with van der Waals surface area (Å²) < 4.78 is 22.2. The molecule has 2 fully saturated rings. The zero-order chi connectivity index (χ0) is 29.2. The molecule has 3 atom stereocenters. The zero-order valence-corrected chi connectivity index (χ0v) is 24.7. The van der Waals surface area contributed by atoms with Crippen molar-refractivity contribution in [1.82, 2.24) is 15.1 Å². The average Bonchev–Trinajstić information content (AvgIpc) is 3.34. The Morgan fingerprint density at radius 3 is 2.36 bits per heavy atom. The number of sulfonamides is 1. The lowest BCUT2D eigenvalue weighted by atomic mass is 9.66. The monoisotopic (exact) mass is 584 g/mol. The average molecular weight is 585 g/mol. The predicted molar refractivity (Wildman–Crippen MR) is 149 cm³/mol. The molecule has 0 unspecified atom stereocenters.